The number of nitro groups is 1. The van der Waals surface area contributed by atoms with Gasteiger partial charge in [-0.25, -0.2) is 5.43 Å². The first kappa shape index (κ1) is 15.4. The van der Waals surface area contributed by atoms with Gasteiger partial charge in [0.25, 0.3) is 5.69 Å². The summed E-state index contributed by atoms with van der Waals surface area (Å²) in [5.41, 5.74) is 5.16. The van der Waals surface area contributed by atoms with E-state index in [2.05, 4.69) is 10.5 Å². The van der Waals surface area contributed by atoms with Crippen molar-refractivity contribution in [3.63, 3.8) is 0 Å². The number of hydrogen-bond donors (Lipinski definition) is 1. The number of carbonyl (C=O) groups is 1. The Labute approximate surface area is 127 Å². The minimum atomic E-state index is -0.468. The van der Waals surface area contributed by atoms with Crippen molar-refractivity contribution in [2.75, 3.05) is 0 Å². The molecule has 0 aliphatic rings. The average molecular weight is 297 g/mol. The quantitative estimate of drug-likeness (QED) is 0.523. The van der Waals surface area contributed by atoms with Crippen LogP contribution in [-0.4, -0.2) is 17.0 Å². The van der Waals surface area contributed by atoms with Gasteiger partial charge < -0.3 is 0 Å². The third-order valence-corrected chi connectivity index (χ3v) is 2.99. The number of nitrogens with one attached hydrogen (secondary N) is 1. The number of nitro benzene ring substituents is 1. The number of non-ortho nitro benzene ring substituents is 1. The Hall–Kier alpha value is -3.02. The number of carbonyl (C=O) groups excluding carboxylic acids is 1. The van der Waals surface area contributed by atoms with Crippen LogP contribution in [0.4, 0.5) is 5.69 Å². The lowest BCUT2D eigenvalue weighted by molar-refractivity contribution is -0.384. The summed E-state index contributed by atoms with van der Waals surface area (Å²) in [6, 6.07) is 13.6. The first-order valence-electron chi connectivity index (χ1n) is 6.66. The Kier molecular flexibility index (Phi) is 4.98. The topological polar surface area (TPSA) is 84.6 Å². The second-order valence-corrected chi connectivity index (χ2v) is 4.80. The Balaban J connectivity index is 1.87. The lowest BCUT2D eigenvalue weighted by atomic mass is 10.1. The predicted molar refractivity (Wildman–Crippen MR) is 83.7 cm³/mol. The number of hydrazone groups is 1. The fourth-order valence-electron chi connectivity index (χ4n) is 1.79. The SMILES string of the molecule is Cc1ccc(CC(=O)N/N=C/c2ccc([N+](=O)[O-])cc2)cc1. The summed E-state index contributed by atoms with van der Waals surface area (Å²) < 4.78 is 0. The molecule has 0 saturated heterocycles. The van der Waals surface area contributed by atoms with Crippen LogP contribution in [0.1, 0.15) is 16.7 Å². The third kappa shape index (κ3) is 4.52. The minimum absolute atomic E-state index is 0.0144. The monoisotopic (exact) mass is 297 g/mol. The molecule has 0 aromatic heterocycles. The smallest absolute Gasteiger partial charge is 0.269 e. The molecule has 0 unspecified atom stereocenters. The normalized spacial score (nSPS) is 10.6. The summed E-state index contributed by atoms with van der Waals surface area (Å²) in [5.74, 6) is -0.220. The third-order valence-electron chi connectivity index (χ3n) is 2.99. The van der Waals surface area contributed by atoms with Gasteiger partial charge in [0.15, 0.2) is 0 Å². The highest BCUT2D eigenvalue weighted by Crippen LogP contribution is 2.10. The molecule has 6 heteroatoms. The summed E-state index contributed by atoms with van der Waals surface area (Å²) >= 11 is 0. The predicted octanol–water partition coefficient (Wildman–Crippen LogP) is 2.60. The van der Waals surface area contributed by atoms with E-state index in [1.807, 2.05) is 31.2 Å². The minimum Gasteiger partial charge on any atom is -0.273 e. The van der Waals surface area contributed by atoms with Gasteiger partial charge in [0.1, 0.15) is 0 Å². The van der Waals surface area contributed by atoms with Crippen LogP contribution in [0.15, 0.2) is 53.6 Å². The Morgan fingerprint density at radius 1 is 1.18 bits per heavy atom. The molecule has 2 rings (SSSR count). The molecule has 0 bridgehead atoms. The standard InChI is InChI=1S/C16H15N3O3/c1-12-2-4-13(5-3-12)10-16(20)18-17-11-14-6-8-15(9-7-14)19(21)22/h2-9,11H,10H2,1H3,(H,18,20)/b17-11+. The summed E-state index contributed by atoms with van der Waals surface area (Å²) in [6.45, 7) is 1.98. The molecule has 0 aliphatic carbocycles. The Morgan fingerprint density at radius 2 is 1.82 bits per heavy atom. The van der Waals surface area contributed by atoms with Crippen LogP contribution in [0.3, 0.4) is 0 Å². The van der Waals surface area contributed by atoms with Gasteiger partial charge in [-0.15, -0.1) is 0 Å². The maximum Gasteiger partial charge on any atom is 0.269 e. The van der Waals surface area contributed by atoms with Gasteiger partial charge in [0, 0.05) is 12.1 Å². The Bertz CT molecular complexity index is 692. The van der Waals surface area contributed by atoms with E-state index in [1.165, 1.54) is 18.3 Å². The molecule has 1 amide bonds. The van der Waals surface area contributed by atoms with E-state index >= 15 is 0 Å². The number of hydrogen-bond acceptors (Lipinski definition) is 4. The molecule has 0 heterocycles. The number of nitrogens with zero attached hydrogens (tertiary/aromatic N) is 2. The highest BCUT2D eigenvalue weighted by Gasteiger charge is 2.03. The molecule has 112 valence electrons. The van der Waals surface area contributed by atoms with Gasteiger partial charge in [0.2, 0.25) is 5.91 Å². The summed E-state index contributed by atoms with van der Waals surface area (Å²) in [6.07, 6.45) is 1.69. The van der Waals surface area contributed by atoms with E-state index in [-0.39, 0.29) is 18.0 Å². The van der Waals surface area contributed by atoms with E-state index in [0.29, 0.717) is 5.56 Å². The molecule has 0 atom stereocenters. The zero-order chi connectivity index (χ0) is 15.9. The zero-order valence-electron chi connectivity index (χ0n) is 12.0. The molecule has 1 N–H and O–H groups in total. The van der Waals surface area contributed by atoms with Crippen molar-refractivity contribution in [2.24, 2.45) is 5.10 Å². The second kappa shape index (κ2) is 7.12. The average Bonchev–Trinajstić information content (AvgIpc) is 2.50. The first-order valence-corrected chi connectivity index (χ1v) is 6.66. The van der Waals surface area contributed by atoms with Crippen molar-refractivity contribution in [2.45, 2.75) is 13.3 Å². The van der Waals surface area contributed by atoms with Gasteiger partial charge in [-0.3, -0.25) is 14.9 Å². The summed E-state index contributed by atoms with van der Waals surface area (Å²) in [7, 11) is 0. The molecule has 0 radical (unpaired) electrons. The zero-order valence-corrected chi connectivity index (χ0v) is 12.0. The molecule has 0 aliphatic heterocycles. The largest absolute Gasteiger partial charge is 0.273 e. The maximum absolute atomic E-state index is 11.7. The van der Waals surface area contributed by atoms with Gasteiger partial charge in [0.05, 0.1) is 17.6 Å². The lowest BCUT2D eigenvalue weighted by Crippen LogP contribution is -2.19. The van der Waals surface area contributed by atoms with Gasteiger partial charge in [-0.2, -0.15) is 5.10 Å². The molecule has 0 saturated carbocycles. The molecular weight excluding hydrogens is 282 g/mol. The maximum atomic E-state index is 11.7. The van der Waals surface area contributed by atoms with E-state index in [0.717, 1.165) is 11.1 Å². The van der Waals surface area contributed by atoms with Crippen molar-refractivity contribution in [1.29, 1.82) is 0 Å². The van der Waals surface area contributed by atoms with Crippen molar-refractivity contribution in [1.82, 2.24) is 5.43 Å². The van der Waals surface area contributed by atoms with Crippen LogP contribution < -0.4 is 5.43 Å². The highest BCUT2D eigenvalue weighted by atomic mass is 16.6. The highest BCUT2D eigenvalue weighted by molar-refractivity contribution is 5.83. The fraction of sp³-hybridized carbons (Fsp3) is 0.125. The Morgan fingerprint density at radius 3 is 2.41 bits per heavy atom. The van der Waals surface area contributed by atoms with E-state index in [1.54, 1.807) is 12.1 Å². The van der Waals surface area contributed by atoms with Crippen LogP contribution in [0.5, 0.6) is 0 Å². The van der Waals surface area contributed by atoms with Crippen LogP contribution >= 0.6 is 0 Å². The van der Waals surface area contributed by atoms with Crippen LogP contribution in [-0.2, 0) is 11.2 Å². The molecule has 2 aromatic rings. The summed E-state index contributed by atoms with van der Waals surface area (Å²) in [5, 5.41) is 14.4. The van der Waals surface area contributed by atoms with Crippen LogP contribution in [0, 0.1) is 17.0 Å². The molecule has 22 heavy (non-hydrogen) atoms. The molecule has 0 fully saturated rings. The molecule has 6 nitrogen and oxygen atoms in total. The van der Waals surface area contributed by atoms with Crippen molar-refractivity contribution in [3.8, 4) is 0 Å². The van der Waals surface area contributed by atoms with Crippen LogP contribution in [0.25, 0.3) is 0 Å². The number of amides is 1. The van der Waals surface area contributed by atoms with Gasteiger partial charge in [-0.1, -0.05) is 29.8 Å². The fourth-order valence-corrected chi connectivity index (χ4v) is 1.79. The number of rotatable bonds is 5. The van der Waals surface area contributed by atoms with Gasteiger partial charge >= 0.3 is 0 Å². The lowest BCUT2D eigenvalue weighted by Gasteiger charge is -2.01. The van der Waals surface area contributed by atoms with E-state index in [4.69, 9.17) is 0 Å². The summed E-state index contributed by atoms with van der Waals surface area (Å²) in [4.78, 5) is 21.8. The van der Waals surface area contributed by atoms with E-state index in [9.17, 15) is 14.9 Å². The molecule has 2 aromatic carbocycles. The number of aryl methyl sites for hydroxylation is 1. The molecule has 0 spiro atoms. The number of benzene rings is 2. The molecular formula is C16H15N3O3. The first-order chi connectivity index (χ1) is 10.5. The van der Waals surface area contributed by atoms with Crippen molar-refractivity contribution < 1.29 is 9.72 Å². The second-order valence-electron chi connectivity index (χ2n) is 4.80. The van der Waals surface area contributed by atoms with E-state index < -0.39 is 4.92 Å². The van der Waals surface area contributed by atoms with Crippen molar-refractivity contribution in [3.05, 3.63) is 75.3 Å². The van der Waals surface area contributed by atoms with Crippen molar-refractivity contribution >= 4 is 17.8 Å². The van der Waals surface area contributed by atoms with Gasteiger partial charge in [-0.05, 0) is 30.2 Å². The van der Waals surface area contributed by atoms with Crippen LogP contribution in [0.2, 0.25) is 0 Å².